The number of hydrogen-bond donors (Lipinski definition) is 3. The Balaban J connectivity index is 5.14. The monoisotopic (exact) mass is 1320 g/mol. The summed E-state index contributed by atoms with van der Waals surface area (Å²) in [4.78, 5) is 72.4. The summed E-state index contributed by atoms with van der Waals surface area (Å²) >= 11 is 0. The molecule has 0 aromatic rings. The van der Waals surface area contributed by atoms with Crippen molar-refractivity contribution in [3.63, 3.8) is 0 Å². The number of ether oxygens (including phenoxy) is 4. The van der Waals surface area contributed by atoms with Crippen molar-refractivity contribution in [1.82, 2.24) is 0 Å². The van der Waals surface area contributed by atoms with Gasteiger partial charge in [0.15, 0.2) is 12.2 Å². The summed E-state index contributed by atoms with van der Waals surface area (Å²) < 4.78 is 68.2. The average molecular weight is 1330 g/mol. The second-order valence-corrected chi connectivity index (χ2v) is 30.0. The van der Waals surface area contributed by atoms with Gasteiger partial charge < -0.3 is 33.8 Å². The van der Waals surface area contributed by atoms with E-state index in [1.807, 2.05) is 0 Å². The lowest BCUT2D eigenvalue weighted by molar-refractivity contribution is -0.161. The second kappa shape index (κ2) is 61.9. The van der Waals surface area contributed by atoms with Gasteiger partial charge in [0.25, 0.3) is 0 Å². The Hall–Kier alpha value is -1.94. The quantitative estimate of drug-likeness (QED) is 0.0222. The van der Waals surface area contributed by atoms with Crippen LogP contribution in [0.3, 0.4) is 0 Å². The third-order valence-electron chi connectivity index (χ3n) is 16.4. The van der Waals surface area contributed by atoms with Gasteiger partial charge in [0.2, 0.25) is 0 Å². The van der Waals surface area contributed by atoms with Gasteiger partial charge in [-0.25, -0.2) is 9.13 Å². The highest BCUT2D eigenvalue weighted by Crippen LogP contribution is 2.45. The van der Waals surface area contributed by atoms with Gasteiger partial charge in [0, 0.05) is 25.7 Å². The van der Waals surface area contributed by atoms with E-state index in [2.05, 4.69) is 48.5 Å². The normalized spacial score (nSPS) is 14.2. The van der Waals surface area contributed by atoms with E-state index >= 15 is 0 Å². The van der Waals surface area contributed by atoms with Gasteiger partial charge in [0.1, 0.15) is 19.3 Å². The van der Waals surface area contributed by atoms with E-state index in [4.69, 9.17) is 37.0 Å². The molecule has 0 amide bonds. The first-order valence-corrected chi connectivity index (χ1v) is 39.8. The average Bonchev–Trinajstić information content (AvgIpc) is 3.70. The van der Waals surface area contributed by atoms with E-state index in [1.54, 1.807) is 0 Å². The van der Waals surface area contributed by atoms with Crippen molar-refractivity contribution >= 4 is 39.5 Å². The number of aliphatic hydroxyl groups excluding tert-OH is 1. The molecule has 2 unspecified atom stereocenters. The van der Waals surface area contributed by atoms with Gasteiger partial charge in [-0.15, -0.1) is 0 Å². The van der Waals surface area contributed by atoms with Crippen molar-refractivity contribution in [3.8, 4) is 0 Å². The molecule has 17 nitrogen and oxygen atoms in total. The zero-order chi connectivity index (χ0) is 66.6. The largest absolute Gasteiger partial charge is 0.472 e. The van der Waals surface area contributed by atoms with E-state index in [0.717, 1.165) is 120 Å². The van der Waals surface area contributed by atoms with E-state index in [9.17, 15) is 43.2 Å². The SMILES string of the molecule is CCCCCCCCCC(=O)OC[C@H](COP(=O)(O)OC[C@H](O)COP(=O)(O)OC[C@@H](COC(=O)CCCCCCCCCCC(C)C)OC(=O)CCCCCCCCCCCCCCCCCCCCC(C)C)OC(=O)CCCCCCCCCCC(C)C. The van der Waals surface area contributed by atoms with Crippen LogP contribution >= 0.6 is 15.6 Å². The lowest BCUT2D eigenvalue weighted by Crippen LogP contribution is -2.30. The molecule has 0 rings (SSSR count). The van der Waals surface area contributed by atoms with Crippen LogP contribution in [-0.4, -0.2) is 96.7 Å². The summed E-state index contributed by atoms with van der Waals surface area (Å²) in [6.45, 7) is 11.8. The van der Waals surface area contributed by atoms with Crippen LogP contribution in [0, 0.1) is 17.8 Å². The second-order valence-electron chi connectivity index (χ2n) is 27.1. The summed E-state index contributed by atoms with van der Waals surface area (Å²) in [7, 11) is -9.90. The van der Waals surface area contributed by atoms with Crippen molar-refractivity contribution in [2.75, 3.05) is 39.6 Å². The standard InChI is InChI=1S/C71H138O17P2/c1-8-9-10-11-28-38-45-52-68(73)81-58-66(88-71(76)55-48-41-34-27-25-31-37-44-51-64(6)7)60-85-89(77,78)83-56-65(72)57-84-90(79,80)86-61-67(59-82-69(74)53-46-39-32-26-24-30-36-43-50-63(4)5)87-70(75)54-47-40-33-23-21-19-17-15-13-12-14-16-18-20-22-29-35-42-49-62(2)3/h62-67,72H,8-61H2,1-7H3,(H,77,78)(H,79,80)/t65-,66+,67+/m0/s1. The van der Waals surface area contributed by atoms with Crippen LogP contribution in [0.5, 0.6) is 0 Å². The molecule has 0 aliphatic rings. The number of rotatable bonds is 69. The molecule has 3 N–H and O–H groups in total. The summed E-state index contributed by atoms with van der Waals surface area (Å²) in [6, 6.07) is 0. The number of unbranched alkanes of at least 4 members (excludes halogenated alkanes) is 37. The Labute approximate surface area is 549 Å². The highest BCUT2D eigenvalue weighted by molar-refractivity contribution is 7.47. The van der Waals surface area contributed by atoms with Crippen LogP contribution < -0.4 is 0 Å². The lowest BCUT2D eigenvalue weighted by atomic mass is 10.0. The van der Waals surface area contributed by atoms with Crippen LogP contribution in [0.4, 0.5) is 0 Å². The van der Waals surface area contributed by atoms with Crippen LogP contribution in [-0.2, 0) is 65.4 Å². The Bertz CT molecular complexity index is 1770. The zero-order valence-corrected chi connectivity index (χ0v) is 60.4. The highest BCUT2D eigenvalue weighted by Gasteiger charge is 2.30. The number of aliphatic hydroxyl groups is 1. The first-order chi connectivity index (χ1) is 43.2. The van der Waals surface area contributed by atoms with E-state index in [0.29, 0.717) is 25.7 Å². The molecule has 0 saturated carbocycles. The summed E-state index contributed by atoms with van der Waals surface area (Å²) in [5.74, 6) is 0.133. The summed E-state index contributed by atoms with van der Waals surface area (Å²) in [6.07, 6.45) is 46.2. The number of hydrogen-bond acceptors (Lipinski definition) is 15. The fraction of sp³-hybridized carbons (Fsp3) is 0.944. The molecule has 19 heteroatoms. The topological polar surface area (TPSA) is 237 Å². The first-order valence-electron chi connectivity index (χ1n) is 36.8. The van der Waals surface area contributed by atoms with E-state index in [1.165, 1.54) is 154 Å². The molecule has 90 heavy (non-hydrogen) atoms. The third kappa shape index (κ3) is 64.8. The molecule has 0 saturated heterocycles. The molecule has 0 aliphatic carbocycles. The van der Waals surface area contributed by atoms with Crippen molar-refractivity contribution in [3.05, 3.63) is 0 Å². The van der Waals surface area contributed by atoms with Crippen LogP contribution in [0.25, 0.3) is 0 Å². The van der Waals surface area contributed by atoms with Gasteiger partial charge in [-0.2, -0.15) is 0 Å². The van der Waals surface area contributed by atoms with Crippen LogP contribution in [0.1, 0.15) is 357 Å². The molecule has 0 aliphatic heterocycles. The van der Waals surface area contributed by atoms with Crippen LogP contribution in [0.15, 0.2) is 0 Å². The molecular weight excluding hydrogens is 1190 g/mol. The molecule has 0 bridgehead atoms. The molecule has 0 spiro atoms. The van der Waals surface area contributed by atoms with Gasteiger partial charge >= 0.3 is 39.5 Å². The molecule has 0 radical (unpaired) electrons. The lowest BCUT2D eigenvalue weighted by Gasteiger charge is -2.21. The molecule has 5 atom stereocenters. The van der Waals surface area contributed by atoms with E-state index < -0.39 is 97.5 Å². The summed E-state index contributed by atoms with van der Waals surface area (Å²) in [5, 5.41) is 10.6. The van der Waals surface area contributed by atoms with E-state index in [-0.39, 0.29) is 25.7 Å². The van der Waals surface area contributed by atoms with Crippen molar-refractivity contribution < 1.29 is 80.2 Å². The number of carbonyl (C=O) groups excluding carboxylic acids is 4. The molecular formula is C71H138O17P2. The van der Waals surface area contributed by atoms with Crippen molar-refractivity contribution in [2.45, 2.75) is 375 Å². The molecule has 0 aromatic carbocycles. The Morgan fingerprint density at radius 3 is 0.756 bits per heavy atom. The van der Waals surface area contributed by atoms with Gasteiger partial charge in [-0.05, 0) is 43.4 Å². The predicted molar refractivity (Wildman–Crippen MR) is 363 cm³/mol. The maximum absolute atomic E-state index is 13.0. The number of carbonyl (C=O) groups is 4. The fourth-order valence-corrected chi connectivity index (χ4v) is 12.3. The van der Waals surface area contributed by atoms with Crippen molar-refractivity contribution in [2.24, 2.45) is 17.8 Å². The molecule has 534 valence electrons. The fourth-order valence-electron chi connectivity index (χ4n) is 10.7. The minimum atomic E-state index is -4.95. The highest BCUT2D eigenvalue weighted by atomic mass is 31.2. The number of phosphoric ester groups is 2. The summed E-state index contributed by atoms with van der Waals surface area (Å²) in [5.41, 5.74) is 0. The first kappa shape index (κ1) is 88.1. The molecule has 0 heterocycles. The molecule has 0 aromatic heterocycles. The smallest absolute Gasteiger partial charge is 0.462 e. The predicted octanol–water partition coefficient (Wildman–Crippen LogP) is 20.2. The maximum Gasteiger partial charge on any atom is 0.472 e. The Kier molecular flexibility index (Phi) is 60.6. The zero-order valence-electron chi connectivity index (χ0n) is 58.6. The van der Waals surface area contributed by atoms with Gasteiger partial charge in [0.05, 0.1) is 26.4 Å². The number of phosphoric acid groups is 2. The minimum Gasteiger partial charge on any atom is -0.462 e. The number of esters is 4. The maximum atomic E-state index is 13.0. The Morgan fingerprint density at radius 2 is 0.511 bits per heavy atom. The van der Waals surface area contributed by atoms with Gasteiger partial charge in [-0.3, -0.25) is 37.3 Å². The minimum absolute atomic E-state index is 0.104. The third-order valence-corrected chi connectivity index (χ3v) is 18.3. The molecule has 0 fully saturated rings. The van der Waals surface area contributed by atoms with Crippen LogP contribution in [0.2, 0.25) is 0 Å². The Morgan fingerprint density at radius 1 is 0.300 bits per heavy atom. The van der Waals surface area contributed by atoms with Gasteiger partial charge in [-0.1, -0.05) is 305 Å². The van der Waals surface area contributed by atoms with Crippen molar-refractivity contribution in [1.29, 1.82) is 0 Å².